The maximum absolute atomic E-state index is 10.5. The van der Waals surface area contributed by atoms with Crippen molar-refractivity contribution in [2.24, 2.45) is 5.16 Å². The molecule has 2 N–H and O–H groups in total. The summed E-state index contributed by atoms with van der Waals surface area (Å²) >= 11 is 5.70. The number of carboxylic acid groups (broad SMARTS) is 1. The van der Waals surface area contributed by atoms with Crippen molar-refractivity contribution >= 4 is 23.3 Å². The van der Waals surface area contributed by atoms with Gasteiger partial charge in [0.15, 0.2) is 5.71 Å². The van der Waals surface area contributed by atoms with E-state index in [1.54, 1.807) is 24.3 Å². The third kappa shape index (κ3) is 2.74. The van der Waals surface area contributed by atoms with Gasteiger partial charge in [0.25, 0.3) is 0 Å². The van der Waals surface area contributed by atoms with Crippen LogP contribution in [0.25, 0.3) is 0 Å². The highest BCUT2D eigenvalue weighted by atomic mass is 35.5. The molecule has 0 spiro atoms. The highest BCUT2D eigenvalue weighted by molar-refractivity contribution is 6.36. The Morgan fingerprint density at radius 3 is 2.71 bits per heavy atom. The Balaban J connectivity index is 2.83. The van der Waals surface area contributed by atoms with Gasteiger partial charge in [-0.15, -0.1) is 0 Å². The van der Waals surface area contributed by atoms with Gasteiger partial charge in [-0.25, -0.2) is 4.79 Å². The first-order valence-electron chi connectivity index (χ1n) is 3.82. The van der Waals surface area contributed by atoms with E-state index in [9.17, 15) is 4.79 Å². The van der Waals surface area contributed by atoms with Crippen molar-refractivity contribution in [3.05, 3.63) is 34.9 Å². The predicted octanol–water partition coefficient (Wildman–Crippen LogP) is 1.80. The van der Waals surface area contributed by atoms with Crippen molar-refractivity contribution in [3.8, 4) is 0 Å². The second-order valence-corrected chi connectivity index (χ2v) is 3.09. The Morgan fingerprint density at radius 2 is 2.21 bits per heavy atom. The molecule has 0 radical (unpaired) electrons. The van der Waals surface area contributed by atoms with E-state index in [0.29, 0.717) is 10.6 Å². The van der Waals surface area contributed by atoms with Crippen LogP contribution in [0.1, 0.15) is 5.56 Å². The minimum absolute atomic E-state index is 0.0480. The maximum atomic E-state index is 10.5. The third-order valence-electron chi connectivity index (χ3n) is 1.63. The van der Waals surface area contributed by atoms with Crippen LogP contribution in [0.5, 0.6) is 0 Å². The molecule has 0 aliphatic rings. The second-order valence-electron chi connectivity index (χ2n) is 2.66. The van der Waals surface area contributed by atoms with Crippen molar-refractivity contribution in [2.45, 2.75) is 6.42 Å². The number of hydrogen-bond acceptors (Lipinski definition) is 3. The summed E-state index contributed by atoms with van der Waals surface area (Å²) in [6.07, 6.45) is 0.0480. The lowest BCUT2D eigenvalue weighted by Gasteiger charge is -2.00. The van der Waals surface area contributed by atoms with Gasteiger partial charge in [0.1, 0.15) is 0 Å². The summed E-state index contributed by atoms with van der Waals surface area (Å²) in [5, 5.41) is 20.2. The predicted molar refractivity (Wildman–Crippen MR) is 52.0 cm³/mol. The Bertz CT molecular complexity index is 376. The highest BCUT2D eigenvalue weighted by Gasteiger charge is 2.10. The quantitative estimate of drug-likeness (QED) is 0.457. The largest absolute Gasteiger partial charge is 0.477 e. The number of oxime groups is 1. The van der Waals surface area contributed by atoms with Crippen molar-refractivity contribution in [3.63, 3.8) is 0 Å². The molecule has 1 aromatic carbocycles. The van der Waals surface area contributed by atoms with Crippen LogP contribution < -0.4 is 0 Å². The van der Waals surface area contributed by atoms with Crippen LogP contribution in [0.4, 0.5) is 0 Å². The van der Waals surface area contributed by atoms with Crippen molar-refractivity contribution < 1.29 is 15.1 Å². The number of carbonyl (C=O) groups is 1. The summed E-state index contributed by atoms with van der Waals surface area (Å²) < 4.78 is 0. The number of rotatable bonds is 3. The van der Waals surface area contributed by atoms with Crippen molar-refractivity contribution in [1.29, 1.82) is 0 Å². The topological polar surface area (TPSA) is 69.9 Å². The number of hydrogen-bond donors (Lipinski definition) is 2. The number of benzene rings is 1. The fourth-order valence-corrected chi connectivity index (χ4v) is 1.21. The van der Waals surface area contributed by atoms with Gasteiger partial charge in [-0.2, -0.15) is 0 Å². The van der Waals surface area contributed by atoms with Gasteiger partial charge in [-0.1, -0.05) is 28.9 Å². The third-order valence-corrected chi connectivity index (χ3v) is 1.86. The van der Waals surface area contributed by atoms with E-state index in [0.717, 1.165) is 0 Å². The summed E-state index contributed by atoms with van der Waals surface area (Å²) in [4.78, 5) is 10.5. The Kier molecular flexibility index (Phi) is 3.48. The minimum atomic E-state index is -1.24. The van der Waals surface area contributed by atoms with E-state index in [1.807, 2.05) is 0 Å². The standard InChI is InChI=1S/C9H8ClNO3/c10-7-3-1-2-6(4-7)5-8(11-14)9(12)13/h1-4,14H,5H2,(H,12,13). The molecule has 0 amide bonds. The Morgan fingerprint density at radius 1 is 1.50 bits per heavy atom. The number of halogens is 1. The second kappa shape index (κ2) is 4.62. The van der Waals surface area contributed by atoms with Gasteiger partial charge >= 0.3 is 5.97 Å². The lowest BCUT2D eigenvalue weighted by atomic mass is 10.1. The molecule has 0 saturated heterocycles. The maximum Gasteiger partial charge on any atom is 0.354 e. The average molecular weight is 214 g/mol. The molecule has 0 aliphatic carbocycles. The fraction of sp³-hybridized carbons (Fsp3) is 0.111. The molecular formula is C9H8ClNO3. The molecule has 1 aromatic rings. The number of aliphatic carboxylic acids is 1. The van der Waals surface area contributed by atoms with E-state index in [-0.39, 0.29) is 12.1 Å². The molecule has 4 nitrogen and oxygen atoms in total. The molecule has 0 heterocycles. The average Bonchev–Trinajstić information content (AvgIpc) is 2.14. The van der Waals surface area contributed by atoms with Gasteiger partial charge in [0, 0.05) is 11.4 Å². The van der Waals surface area contributed by atoms with E-state index in [1.165, 1.54) is 0 Å². The highest BCUT2D eigenvalue weighted by Crippen LogP contribution is 2.11. The smallest absolute Gasteiger partial charge is 0.354 e. The zero-order chi connectivity index (χ0) is 10.6. The van der Waals surface area contributed by atoms with Gasteiger partial charge in [-0.3, -0.25) is 0 Å². The zero-order valence-corrected chi connectivity index (χ0v) is 7.90. The first kappa shape index (κ1) is 10.5. The molecule has 1 rings (SSSR count). The molecule has 0 unspecified atom stereocenters. The van der Waals surface area contributed by atoms with Crippen molar-refractivity contribution in [2.75, 3.05) is 0 Å². The SMILES string of the molecule is O=C(O)C(Cc1cccc(Cl)c1)=NO. The molecule has 0 atom stereocenters. The summed E-state index contributed by atoms with van der Waals surface area (Å²) in [6.45, 7) is 0. The van der Waals surface area contributed by atoms with Crippen LogP contribution >= 0.6 is 11.6 Å². The normalized spacial score (nSPS) is 11.4. The fourth-order valence-electron chi connectivity index (χ4n) is 0.994. The molecule has 74 valence electrons. The molecule has 0 aromatic heterocycles. The van der Waals surface area contributed by atoms with Crippen LogP contribution in [0.2, 0.25) is 5.02 Å². The van der Waals surface area contributed by atoms with Crippen LogP contribution in [-0.4, -0.2) is 22.0 Å². The molecule has 5 heteroatoms. The van der Waals surface area contributed by atoms with Crippen LogP contribution in [0.3, 0.4) is 0 Å². The zero-order valence-electron chi connectivity index (χ0n) is 7.14. The summed E-state index contributed by atoms with van der Waals surface area (Å²) in [6, 6.07) is 6.71. The molecular weight excluding hydrogens is 206 g/mol. The van der Waals surface area contributed by atoms with E-state index in [2.05, 4.69) is 5.16 Å². The Labute approximate surface area is 85.4 Å². The lowest BCUT2D eigenvalue weighted by molar-refractivity contribution is -0.129. The van der Waals surface area contributed by atoms with Gasteiger partial charge in [0.2, 0.25) is 0 Å². The van der Waals surface area contributed by atoms with E-state index in [4.69, 9.17) is 21.9 Å². The summed E-state index contributed by atoms with van der Waals surface area (Å²) in [5.41, 5.74) is 0.375. The molecule has 14 heavy (non-hydrogen) atoms. The van der Waals surface area contributed by atoms with Gasteiger partial charge in [0.05, 0.1) is 0 Å². The Hall–Kier alpha value is -1.55. The number of nitrogens with zero attached hydrogens (tertiary/aromatic N) is 1. The number of carboxylic acids is 1. The molecule has 0 fully saturated rings. The molecule has 0 saturated carbocycles. The monoisotopic (exact) mass is 213 g/mol. The minimum Gasteiger partial charge on any atom is -0.477 e. The first-order valence-corrected chi connectivity index (χ1v) is 4.20. The first-order chi connectivity index (χ1) is 6.63. The van der Waals surface area contributed by atoms with Crippen LogP contribution in [0.15, 0.2) is 29.4 Å². The van der Waals surface area contributed by atoms with Gasteiger partial charge < -0.3 is 10.3 Å². The molecule has 0 bridgehead atoms. The lowest BCUT2D eigenvalue weighted by Crippen LogP contribution is -2.15. The van der Waals surface area contributed by atoms with Crippen LogP contribution in [-0.2, 0) is 11.2 Å². The van der Waals surface area contributed by atoms with Crippen molar-refractivity contribution in [1.82, 2.24) is 0 Å². The van der Waals surface area contributed by atoms with Crippen LogP contribution in [0, 0.1) is 0 Å². The summed E-state index contributed by atoms with van der Waals surface area (Å²) in [7, 11) is 0. The van der Waals surface area contributed by atoms with E-state index >= 15 is 0 Å². The van der Waals surface area contributed by atoms with Gasteiger partial charge in [-0.05, 0) is 17.7 Å². The molecule has 0 aliphatic heterocycles. The van der Waals surface area contributed by atoms with E-state index < -0.39 is 5.97 Å². The summed E-state index contributed by atoms with van der Waals surface area (Å²) in [5.74, 6) is -1.24.